The molecule has 0 aliphatic rings. The van der Waals surface area contributed by atoms with Crippen LogP contribution in [0.4, 0.5) is 5.82 Å². The fourth-order valence-corrected chi connectivity index (χ4v) is 1.45. The fourth-order valence-electron chi connectivity index (χ4n) is 1.45. The van der Waals surface area contributed by atoms with E-state index >= 15 is 0 Å². The zero-order valence-electron chi connectivity index (χ0n) is 9.73. The Morgan fingerprint density at radius 1 is 1.44 bits per heavy atom. The molecule has 0 aromatic carbocycles. The number of carbonyl (C=O) groups is 1. The molecule has 1 aromatic heterocycles. The lowest BCUT2D eigenvalue weighted by molar-refractivity contribution is 0.0927. The van der Waals surface area contributed by atoms with E-state index in [1.807, 2.05) is 0 Å². The predicted molar refractivity (Wildman–Crippen MR) is 62.9 cm³/mol. The van der Waals surface area contributed by atoms with E-state index in [-0.39, 0.29) is 11.9 Å². The summed E-state index contributed by atoms with van der Waals surface area (Å²) in [6.07, 6.45) is 2.94. The van der Waals surface area contributed by atoms with E-state index in [1.54, 1.807) is 12.1 Å². The molecular formula is C11H18N4O. The van der Waals surface area contributed by atoms with E-state index in [9.17, 15) is 4.79 Å². The summed E-state index contributed by atoms with van der Waals surface area (Å²) < 4.78 is 0. The van der Waals surface area contributed by atoms with Crippen LogP contribution in [-0.2, 0) is 0 Å². The third-order valence-electron chi connectivity index (χ3n) is 2.38. The summed E-state index contributed by atoms with van der Waals surface area (Å²) in [6.45, 7) is 4.15. The first kappa shape index (κ1) is 12.4. The van der Waals surface area contributed by atoms with Gasteiger partial charge in [-0.2, -0.15) is 0 Å². The van der Waals surface area contributed by atoms with Gasteiger partial charge in [-0.1, -0.05) is 20.3 Å². The summed E-state index contributed by atoms with van der Waals surface area (Å²) in [7, 11) is 0. The second kappa shape index (κ2) is 6.05. The average molecular weight is 222 g/mol. The van der Waals surface area contributed by atoms with E-state index in [0.29, 0.717) is 11.5 Å². The minimum Gasteiger partial charge on any atom is -0.382 e. The summed E-state index contributed by atoms with van der Waals surface area (Å²) in [5, 5.41) is 10.3. The van der Waals surface area contributed by atoms with Crippen LogP contribution >= 0.6 is 0 Å². The smallest absolute Gasteiger partial charge is 0.272 e. The van der Waals surface area contributed by atoms with Crippen LogP contribution in [0.2, 0.25) is 0 Å². The topological polar surface area (TPSA) is 80.9 Å². The zero-order chi connectivity index (χ0) is 12.0. The van der Waals surface area contributed by atoms with E-state index < -0.39 is 0 Å². The van der Waals surface area contributed by atoms with Gasteiger partial charge in [-0.25, -0.2) is 0 Å². The number of aromatic nitrogens is 2. The van der Waals surface area contributed by atoms with Crippen molar-refractivity contribution in [3.63, 3.8) is 0 Å². The van der Waals surface area contributed by atoms with Gasteiger partial charge < -0.3 is 11.1 Å². The molecule has 0 aliphatic carbocycles. The second-order valence-corrected chi connectivity index (χ2v) is 3.71. The number of amides is 1. The van der Waals surface area contributed by atoms with E-state index in [1.165, 1.54) is 0 Å². The molecule has 1 heterocycles. The van der Waals surface area contributed by atoms with Gasteiger partial charge in [0, 0.05) is 6.04 Å². The lowest BCUT2D eigenvalue weighted by Crippen LogP contribution is -2.34. The largest absolute Gasteiger partial charge is 0.382 e. The Bertz CT molecular complexity index is 336. The van der Waals surface area contributed by atoms with Gasteiger partial charge in [-0.15, -0.1) is 10.2 Å². The van der Waals surface area contributed by atoms with E-state index in [0.717, 1.165) is 19.3 Å². The summed E-state index contributed by atoms with van der Waals surface area (Å²) >= 11 is 0. The van der Waals surface area contributed by atoms with Gasteiger partial charge in [0.15, 0.2) is 5.69 Å². The van der Waals surface area contributed by atoms with Crippen molar-refractivity contribution in [2.75, 3.05) is 5.73 Å². The molecule has 1 atom stereocenters. The first-order valence-corrected chi connectivity index (χ1v) is 5.57. The Hall–Kier alpha value is -1.65. The van der Waals surface area contributed by atoms with Gasteiger partial charge in [0.2, 0.25) is 0 Å². The highest BCUT2D eigenvalue weighted by Crippen LogP contribution is 2.03. The van der Waals surface area contributed by atoms with Crippen molar-refractivity contribution in [3.8, 4) is 0 Å². The molecule has 0 spiro atoms. The van der Waals surface area contributed by atoms with Crippen molar-refractivity contribution in [1.82, 2.24) is 15.5 Å². The van der Waals surface area contributed by atoms with Gasteiger partial charge in [-0.05, 0) is 25.0 Å². The van der Waals surface area contributed by atoms with Gasteiger partial charge in [0.1, 0.15) is 5.82 Å². The van der Waals surface area contributed by atoms with Crippen LogP contribution in [0.5, 0.6) is 0 Å². The normalized spacial score (nSPS) is 12.1. The van der Waals surface area contributed by atoms with Crippen molar-refractivity contribution in [2.45, 2.75) is 39.2 Å². The molecule has 1 amide bonds. The lowest BCUT2D eigenvalue weighted by Gasteiger charge is -2.15. The number of nitrogens with one attached hydrogen (secondary N) is 1. The molecule has 0 radical (unpaired) electrons. The Labute approximate surface area is 95.4 Å². The van der Waals surface area contributed by atoms with Crippen LogP contribution in [0, 0.1) is 0 Å². The Morgan fingerprint density at radius 2 is 2.19 bits per heavy atom. The van der Waals surface area contributed by atoms with Crippen molar-refractivity contribution >= 4 is 11.7 Å². The molecule has 1 unspecified atom stereocenters. The fraction of sp³-hybridized carbons (Fsp3) is 0.545. The third-order valence-corrected chi connectivity index (χ3v) is 2.38. The van der Waals surface area contributed by atoms with Crippen molar-refractivity contribution < 1.29 is 4.79 Å². The molecule has 88 valence electrons. The first-order chi connectivity index (χ1) is 7.67. The van der Waals surface area contributed by atoms with Crippen LogP contribution < -0.4 is 11.1 Å². The highest BCUT2D eigenvalue weighted by molar-refractivity contribution is 5.92. The minimum atomic E-state index is -0.187. The highest BCUT2D eigenvalue weighted by Gasteiger charge is 2.12. The number of hydrogen-bond donors (Lipinski definition) is 2. The van der Waals surface area contributed by atoms with Crippen LogP contribution in [-0.4, -0.2) is 22.1 Å². The molecular weight excluding hydrogens is 204 g/mol. The Kier molecular flexibility index (Phi) is 4.69. The SMILES string of the molecule is CCCC(CC)NC(=O)c1ccc(N)nn1. The predicted octanol–water partition coefficient (Wildman–Crippen LogP) is 1.37. The number of nitrogens with two attached hydrogens (primary N) is 1. The summed E-state index contributed by atoms with van der Waals surface area (Å²) in [6, 6.07) is 3.36. The second-order valence-electron chi connectivity index (χ2n) is 3.71. The van der Waals surface area contributed by atoms with E-state index in [4.69, 9.17) is 5.73 Å². The van der Waals surface area contributed by atoms with Crippen molar-refractivity contribution in [2.24, 2.45) is 0 Å². The third kappa shape index (κ3) is 3.49. The molecule has 16 heavy (non-hydrogen) atoms. The molecule has 3 N–H and O–H groups in total. The maximum absolute atomic E-state index is 11.7. The number of nitrogens with zero attached hydrogens (tertiary/aromatic N) is 2. The quantitative estimate of drug-likeness (QED) is 0.788. The van der Waals surface area contributed by atoms with Crippen LogP contribution in [0.25, 0.3) is 0 Å². The summed E-state index contributed by atoms with van der Waals surface area (Å²) in [5.41, 5.74) is 5.71. The molecule has 1 aromatic rings. The number of anilines is 1. The standard InChI is InChI=1S/C11H18N4O/c1-3-5-8(4-2)13-11(16)9-6-7-10(12)15-14-9/h6-8H,3-5H2,1-2H3,(H2,12,15)(H,13,16). The van der Waals surface area contributed by atoms with Crippen LogP contribution in [0.1, 0.15) is 43.6 Å². The van der Waals surface area contributed by atoms with E-state index in [2.05, 4.69) is 29.4 Å². The van der Waals surface area contributed by atoms with Crippen molar-refractivity contribution in [3.05, 3.63) is 17.8 Å². The maximum Gasteiger partial charge on any atom is 0.272 e. The molecule has 0 saturated carbocycles. The minimum absolute atomic E-state index is 0.187. The summed E-state index contributed by atoms with van der Waals surface area (Å²) in [4.78, 5) is 11.7. The Morgan fingerprint density at radius 3 is 2.69 bits per heavy atom. The van der Waals surface area contributed by atoms with Crippen LogP contribution in [0.15, 0.2) is 12.1 Å². The molecule has 0 aliphatic heterocycles. The summed E-state index contributed by atoms with van der Waals surface area (Å²) in [5.74, 6) is 0.130. The van der Waals surface area contributed by atoms with Gasteiger partial charge >= 0.3 is 0 Å². The van der Waals surface area contributed by atoms with Gasteiger partial charge in [0.05, 0.1) is 0 Å². The van der Waals surface area contributed by atoms with Gasteiger partial charge in [0.25, 0.3) is 5.91 Å². The number of rotatable bonds is 5. The lowest BCUT2D eigenvalue weighted by atomic mass is 10.1. The highest BCUT2D eigenvalue weighted by atomic mass is 16.2. The molecule has 0 fully saturated rings. The monoisotopic (exact) mass is 222 g/mol. The number of hydrogen-bond acceptors (Lipinski definition) is 4. The van der Waals surface area contributed by atoms with Crippen LogP contribution in [0.3, 0.4) is 0 Å². The van der Waals surface area contributed by atoms with Gasteiger partial charge in [-0.3, -0.25) is 4.79 Å². The number of carbonyl (C=O) groups excluding carboxylic acids is 1. The molecule has 0 saturated heterocycles. The average Bonchev–Trinajstić information content (AvgIpc) is 2.29. The Balaban J connectivity index is 2.60. The molecule has 1 rings (SSSR count). The molecule has 5 nitrogen and oxygen atoms in total. The first-order valence-electron chi connectivity index (χ1n) is 5.57. The van der Waals surface area contributed by atoms with Crippen molar-refractivity contribution in [1.29, 1.82) is 0 Å². The molecule has 5 heteroatoms. The zero-order valence-corrected chi connectivity index (χ0v) is 9.73. The maximum atomic E-state index is 11.7. The number of nitrogen functional groups attached to an aromatic ring is 1. The molecule has 0 bridgehead atoms.